The second kappa shape index (κ2) is 8.19. The van der Waals surface area contributed by atoms with E-state index in [9.17, 15) is 9.59 Å². The number of nitrogen functional groups attached to an aromatic ring is 1. The number of nitrogens with zero attached hydrogens (tertiary/aromatic N) is 3. The molecular weight excluding hydrogens is 366 g/mol. The molecule has 0 spiro atoms. The molecule has 2 aliphatic rings. The summed E-state index contributed by atoms with van der Waals surface area (Å²) in [5.74, 6) is 0.0536. The van der Waals surface area contributed by atoms with Gasteiger partial charge < -0.3 is 16.4 Å². The smallest absolute Gasteiger partial charge is 0.248 e. The van der Waals surface area contributed by atoms with Crippen molar-refractivity contribution in [3.05, 3.63) is 41.7 Å². The van der Waals surface area contributed by atoms with Crippen molar-refractivity contribution < 1.29 is 9.59 Å². The van der Waals surface area contributed by atoms with E-state index in [1.165, 1.54) is 6.42 Å². The number of likely N-dealkylation sites (tertiary alicyclic amines) is 1. The highest BCUT2D eigenvalue weighted by Crippen LogP contribution is 2.39. The Hall–Kier alpha value is -2.96. The molecule has 1 aromatic carbocycles. The van der Waals surface area contributed by atoms with Gasteiger partial charge in [0.25, 0.3) is 0 Å². The summed E-state index contributed by atoms with van der Waals surface area (Å²) in [6.45, 7) is 0.741. The van der Waals surface area contributed by atoms with Gasteiger partial charge in [0.2, 0.25) is 17.8 Å². The van der Waals surface area contributed by atoms with E-state index in [1.807, 2.05) is 11.0 Å². The summed E-state index contributed by atoms with van der Waals surface area (Å²) in [6.07, 6.45) is 8.88. The minimum atomic E-state index is -0.486. The Morgan fingerprint density at radius 3 is 2.62 bits per heavy atom. The van der Waals surface area contributed by atoms with Gasteiger partial charge in [-0.25, -0.2) is 9.97 Å². The number of anilines is 1. The lowest BCUT2D eigenvalue weighted by Crippen LogP contribution is -2.37. The van der Waals surface area contributed by atoms with E-state index in [1.54, 1.807) is 24.4 Å². The van der Waals surface area contributed by atoms with Crippen molar-refractivity contribution in [3.63, 3.8) is 0 Å². The van der Waals surface area contributed by atoms with E-state index in [0.29, 0.717) is 5.56 Å². The zero-order chi connectivity index (χ0) is 20.4. The number of hydrogen-bond acceptors (Lipinski definition) is 5. The molecule has 0 bridgehead atoms. The van der Waals surface area contributed by atoms with Crippen LogP contribution in [0.3, 0.4) is 0 Å². The summed E-state index contributed by atoms with van der Waals surface area (Å²) in [5, 5.41) is 0. The minimum absolute atomic E-state index is 0.116. The van der Waals surface area contributed by atoms with Gasteiger partial charge in [-0.3, -0.25) is 9.59 Å². The summed E-state index contributed by atoms with van der Waals surface area (Å²) in [6, 6.07) is 6.98. The molecule has 4 N–H and O–H groups in total. The zero-order valence-electron chi connectivity index (χ0n) is 16.5. The third-order valence-corrected chi connectivity index (χ3v) is 6.10. The molecule has 1 aliphatic heterocycles. The zero-order valence-corrected chi connectivity index (χ0v) is 16.5. The van der Waals surface area contributed by atoms with Crippen LogP contribution in [0, 0.1) is 5.92 Å². The lowest BCUT2D eigenvalue weighted by molar-refractivity contribution is -0.137. The number of rotatable bonds is 4. The van der Waals surface area contributed by atoms with Gasteiger partial charge in [-0.1, -0.05) is 31.4 Å². The van der Waals surface area contributed by atoms with Crippen LogP contribution in [-0.2, 0) is 4.79 Å². The van der Waals surface area contributed by atoms with Gasteiger partial charge in [0.05, 0.1) is 11.7 Å². The van der Waals surface area contributed by atoms with Crippen molar-refractivity contribution in [2.45, 2.75) is 51.0 Å². The average Bonchev–Trinajstić information content (AvgIpc) is 3.23. The van der Waals surface area contributed by atoms with Gasteiger partial charge in [0, 0.05) is 29.8 Å². The second-order valence-corrected chi connectivity index (χ2v) is 8.00. The molecule has 0 radical (unpaired) electrons. The molecule has 1 aromatic heterocycles. The molecule has 7 heteroatoms. The topological polar surface area (TPSA) is 115 Å². The summed E-state index contributed by atoms with van der Waals surface area (Å²) < 4.78 is 0. The van der Waals surface area contributed by atoms with Gasteiger partial charge in [0.1, 0.15) is 0 Å². The van der Waals surface area contributed by atoms with Crippen LogP contribution < -0.4 is 11.5 Å². The summed E-state index contributed by atoms with van der Waals surface area (Å²) in [5.41, 5.74) is 14.1. The molecule has 2 heterocycles. The summed E-state index contributed by atoms with van der Waals surface area (Å²) >= 11 is 0. The molecule has 1 aliphatic carbocycles. The van der Waals surface area contributed by atoms with Gasteiger partial charge in [0.15, 0.2) is 0 Å². The second-order valence-electron chi connectivity index (χ2n) is 8.00. The lowest BCUT2D eigenvalue weighted by atomic mass is 9.88. The van der Waals surface area contributed by atoms with Gasteiger partial charge in [-0.15, -0.1) is 0 Å². The average molecular weight is 393 g/mol. The molecule has 2 fully saturated rings. The highest BCUT2D eigenvalue weighted by Gasteiger charge is 2.36. The van der Waals surface area contributed by atoms with Crippen molar-refractivity contribution in [1.29, 1.82) is 0 Å². The third-order valence-electron chi connectivity index (χ3n) is 6.10. The van der Waals surface area contributed by atoms with E-state index >= 15 is 0 Å². The number of primary amides is 1. The normalized spacial score (nSPS) is 20.0. The van der Waals surface area contributed by atoms with E-state index in [2.05, 4.69) is 9.97 Å². The monoisotopic (exact) mass is 393 g/mol. The number of carbonyl (C=O) groups excluding carboxylic acids is 2. The van der Waals surface area contributed by atoms with Crippen molar-refractivity contribution >= 4 is 17.8 Å². The molecule has 152 valence electrons. The van der Waals surface area contributed by atoms with Crippen LogP contribution in [0.15, 0.2) is 30.5 Å². The van der Waals surface area contributed by atoms with Gasteiger partial charge >= 0.3 is 0 Å². The number of nitrogens with two attached hydrogens (primary N) is 2. The number of carbonyl (C=O) groups is 2. The van der Waals surface area contributed by atoms with Crippen LogP contribution >= 0.6 is 0 Å². The maximum Gasteiger partial charge on any atom is 0.248 e. The third kappa shape index (κ3) is 3.95. The fourth-order valence-electron chi connectivity index (χ4n) is 4.62. The first-order valence-corrected chi connectivity index (χ1v) is 10.4. The van der Waals surface area contributed by atoms with Crippen LogP contribution in [0.1, 0.15) is 67.0 Å². The Labute approximate surface area is 170 Å². The predicted molar refractivity (Wildman–Crippen MR) is 111 cm³/mol. The number of aromatic nitrogens is 2. The van der Waals surface area contributed by atoms with Crippen LogP contribution in [0.25, 0.3) is 11.1 Å². The first-order chi connectivity index (χ1) is 14.0. The summed E-state index contributed by atoms with van der Waals surface area (Å²) in [4.78, 5) is 35.6. The molecule has 2 aromatic rings. The van der Waals surface area contributed by atoms with E-state index in [0.717, 1.165) is 61.9 Å². The Balaban J connectivity index is 1.70. The standard InChI is InChI=1S/C22H27N5O2/c23-20(28)16-9-4-8-15(12-16)17-13-25-22(24)26-19(17)18-10-5-11-27(18)21(29)14-6-2-1-3-7-14/h4,8-9,12-14,18H,1-3,5-7,10-11H2,(H2,23,28)(H2,24,25,26)/t18-/m0/s1. The Bertz CT molecular complexity index is 923. The van der Waals surface area contributed by atoms with E-state index in [-0.39, 0.29) is 23.8 Å². The fourth-order valence-corrected chi connectivity index (χ4v) is 4.62. The molecule has 1 saturated carbocycles. The first-order valence-electron chi connectivity index (χ1n) is 10.4. The molecule has 7 nitrogen and oxygen atoms in total. The van der Waals surface area contributed by atoms with Crippen molar-refractivity contribution in [2.24, 2.45) is 11.7 Å². The van der Waals surface area contributed by atoms with Crippen molar-refractivity contribution in [2.75, 3.05) is 12.3 Å². The molecule has 0 unspecified atom stereocenters. The largest absolute Gasteiger partial charge is 0.368 e. The van der Waals surface area contributed by atoms with Crippen molar-refractivity contribution in [1.82, 2.24) is 14.9 Å². The SMILES string of the molecule is NC(=O)c1cccc(-c2cnc(N)nc2[C@@H]2CCCN2C(=O)C2CCCCC2)c1. The van der Waals surface area contributed by atoms with Gasteiger partial charge in [-0.05, 0) is 43.4 Å². The molecule has 2 amide bonds. The van der Waals surface area contributed by atoms with Crippen LogP contribution in [0.2, 0.25) is 0 Å². The summed E-state index contributed by atoms with van der Waals surface area (Å²) in [7, 11) is 0. The van der Waals surface area contributed by atoms with Crippen LogP contribution in [0.4, 0.5) is 5.95 Å². The first kappa shape index (κ1) is 19.4. The minimum Gasteiger partial charge on any atom is -0.368 e. The predicted octanol–water partition coefficient (Wildman–Crippen LogP) is 3.07. The van der Waals surface area contributed by atoms with E-state index in [4.69, 9.17) is 11.5 Å². The maximum absolute atomic E-state index is 13.3. The van der Waals surface area contributed by atoms with E-state index < -0.39 is 5.91 Å². The Morgan fingerprint density at radius 2 is 1.86 bits per heavy atom. The molecule has 29 heavy (non-hydrogen) atoms. The van der Waals surface area contributed by atoms with Crippen LogP contribution in [0.5, 0.6) is 0 Å². The number of hydrogen-bond donors (Lipinski definition) is 2. The van der Waals surface area contributed by atoms with Crippen LogP contribution in [-0.4, -0.2) is 33.2 Å². The molecular formula is C22H27N5O2. The number of benzene rings is 1. The Morgan fingerprint density at radius 1 is 1.07 bits per heavy atom. The molecule has 1 atom stereocenters. The quantitative estimate of drug-likeness (QED) is 0.828. The van der Waals surface area contributed by atoms with Gasteiger partial charge in [-0.2, -0.15) is 0 Å². The fraction of sp³-hybridized carbons (Fsp3) is 0.455. The highest BCUT2D eigenvalue weighted by atomic mass is 16.2. The molecule has 1 saturated heterocycles. The maximum atomic E-state index is 13.3. The Kier molecular flexibility index (Phi) is 5.47. The lowest BCUT2D eigenvalue weighted by Gasteiger charge is -2.31. The van der Waals surface area contributed by atoms with Crippen molar-refractivity contribution in [3.8, 4) is 11.1 Å². The molecule has 4 rings (SSSR count). The highest BCUT2D eigenvalue weighted by molar-refractivity contribution is 5.94. The number of amides is 2.